The molecule has 0 saturated carbocycles. The van der Waals surface area contributed by atoms with Gasteiger partial charge in [-0.2, -0.15) is 4.09 Å². The first-order valence-corrected chi connectivity index (χ1v) is 10.8. The van der Waals surface area contributed by atoms with Crippen LogP contribution < -0.4 is 11.2 Å². The van der Waals surface area contributed by atoms with Gasteiger partial charge < -0.3 is 0 Å². The monoisotopic (exact) mass is 454 g/mol. The minimum atomic E-state index is -0.664. The lowest BCUT2D eigenvalue weighted by Crippen LogP contribution is -2.35. The predicted octanol–water partition coefficient (Wildman–Crippen LogP) is 4.86. The summed E-state index contributed by atoms with van der Waals surface area (Å²) < 4.78 is 1.79. The normalized spacial score (nSPS) is 13.0. The van der Waals surface area contributed by atoms with Crippen molar-refractivity contribution in [3.05, 3.63) is 117 Å². The third kappa shape index (κ3) is 3.85. The summed E-state index contributed by atoms with van der Waals surface area (Å²) in [7, 11) is 1.38. The fourth-order valence-corrected chi connectivity index (χ4v) is 4.03. The second-order valence-corrected chi connectivity index (χ2v) is 8.04. The number of hydrogen-bond donors (Lipinski definition) is 0. The van der Waals surface area contributed by atoms with Crippen molar-refractivity contribution in [3.8, 4) is 11.1 Å². The standard InChI is InChI=1S/C26H19ClN4O2/c1-30-25(32)23-24(31(27)26(30)33)29-22(19-10-6-3-7-11-19)16-21(28-23)20-14-12-18(13-15-20)17-8-4-2-5-9-17/h2-15H,16H2,1H3. The molecule has 0 unspecified atom stereocenters. The van der Waals surface area contributed by atoms with Crippen LogP contribution in [0.5, 0.6) is 0 Å². The molecule has 0 N–H and O–H groups in total. The maximum atomic E-state index is 12.9. The molecule has 0 amide bonds. The van der Waals surface area contributed by atoms with E-state index in [4.69, 9.17) is 11.8 Å². The second-order valence-electron chi connectivity index (χ2n) is 7.70. The summed E-state index contributed by atoms with van der Waals surface area (Å²) in [5.74, 6) is 0.0412. The smallest absolute Gasteiger partial charge is 0.267 e. The molecule has 0 aliphatic carbocycles. The maximum Gasteiger partial charge on any atom is 0.347 e. The summed E-state index contributed by atoms with van der Waals surface area (Å²) in [5, 5.41) is 0. The van der Waals surface area contributed by atoms with Crippen molar-refractivity contribution in [2.24, 2.45) is 17.0 Å². The molecule has 1 aromatic heterocycles. The summed E-state index contributed by atoms with van der Waals surface area (Å²) in [5.41, 5.74) is 4.10. The largest absolute Gasteiger partial charge is 0.347 e. The Hall–Kier alpha value is -4.03. The van der Waals surface area contributed by atoms with Crippen LogP contribution >= 0.6 is 11.8 Å². The van der Waals surface area contributed by atoms with E-state index in [2.05, 4.69) is 22.1 Å². The summed E-state index contributed by atoms with van der Waals surface area (Å²) in [6.07, 6.45) is 0.373. The molecule has 0 spiro atoms. The lowest BCUT2D eigenvalue weighted by atomic mass is 9.97. The highest BCUT2D eigenvalue weighted by molar-refractivity contribution is 6.22. The summed E-state index contributed by atoms with van der Waals surface area (Å²) in [6.45, 7) is 0. The van der Waals surface area contributed by atoms with Gasteiger partial charge in [0.15, 0.2) is 11.5 Å². The van der Waals surface area contributed by atoms with Crippen molar-refractivity contribution in [2.75, 3.05) is 0 Å². The van der Waals surface area contributed by atoms with Crippen molar-refractivity contribution in [1.29, 1.82) is 0 Å². The molecule has 0 fully saturated rings. The van der Waals surface area contributed by atoms with Crippen LogP contribution in [0, 0.1) is 0 Å². The molecular weight excluding hydrogens is 436 g/mol. The van der Waals surface area contributed by atoms with E-state index in [0.29, 0.717) is 17.8 Å². The molecule has 5 rings (SSSR count). The third-order valence-electron chi connectivity index (χ3n) is 5.61. The highest BCUT2D eigenvalue weighted by Gasteiger charge is 2.23. The van der Waals surface area contributed by atoms with Crippen molar-refractivity contribution >= 4 is 34.7 Å². The van der Waals surface area contributed by atoms with E-state index in [1.165, 1.54) is 7.05 Å². The van der Waals surface area contributed by atoms with Crippen LogP contribution in [0.3, 0.4) is 0 Å². The highest BCUT2D eigenvalue weighted by atomic mass is 35.5. The molecule has 3 aromatic carbocycles. The maximum absolute atomic E-state index is 12.9. The van der Waals surface area contributed by atoms with E-state index in [-0.39, 0.29) is 11.5 Å². The zero-order valence-corrected chi connectivity index (χ0v) is 18.5. The van der Waals surface area contributed by atoms with E-state index in [0.717, 1.165) is 30.9 Å². The van der Waals surface area contributed by atoms with E-state index < -0.39 is 11.2 Å². The van der Waals surface area contributed by atoms with Crippen LogP contribution in [0.25, 0.3) is 11.1 Å². The molecular formula is C26H19ClN4O2. The van der Waals surface area contributed by atoms with Crippen LogP contribution in [0.2, 0.25) is 0 Å². The predicted molar refractivity (Wildman–Crippen MR) is 133 cm³/mol. The SMILES string of the molecule is Cn1c(=O)c2c(n(Cl)c1=O)N=C(c1ccccc1)CC(c1ccc(-c3ccccc3)cc1)=N2. The lowest BCUT2D eigenvalue weighted by Gasteiger charge is -2.09. The van der Waals surface area contributed by atoms with Crippen LogP contribution in [-0.2, 0) is 7.05 Å². The Morgan fingerprint density at radius 3 is 1.82 bits per heavy atom. The first-order chi connectivity index (χ1) is 16.0. The Labute approximate surface area is 194 Å². The van der Waals surface area contributed by atoms with Crippen LogP contribution in [0.4, 0.5) is 11.5 Å². The van der Waals surface area contributed by atoms with Gasteiger partial charge in [-0.25, -0.2) is 14.8 Å². The average molecular weight is 455 g/mol. The number of fused-ring (bicyclic) bond motifs is 1. The van der Waals surface area contributed by atoms with Gasteiger partial charge in [0.1, 0.15) is 0 Å². The van der Waals surface area contributed by atoms with E-state index >= 15 is 0 Å². The molecule has 1 aliphatic rings. The Morgan fingerprint density at radius 1 is 0.697 bits per heavy atom. The van der Waals surface area contributed by atoms with E-state index in [1.807, 2.05) is 72.8 Å². The van der Waals surface area contributed by atoms with Gasteiger partial charge in [-0.15, -0.1) is 0 Å². The van der Waals surface area contributed by atoms with Gasteiger partial charge >= 0.3 is 5.69 Å². The minimum absolute atomic E-state index is 0.0412. The van der Waals surface area contributed by atoms with Gasteiger partial charge in [-0.05, 0) is 22.3 Å². The molecule has 0 radical (unpaired) electrons. The first kappa shape index (κ1) is 20.8. The second kappa shape index (κ2) is 8.48. The summed E-state index contributed by atoms with van der Waals surface area (Å²) in [4.78, 5) is 34.6. The van der Waals surface area contributed by atoms with Gasteiger partial charge in [0.25, 0.3) is 5.56 Å². The Bertz CT molecular complexity index is 1520. The number of aliphatic imine (C=N–C) groups is 2. The molecule has 4 aromatic rings. The van der Waals surface area contributed by atoms with Gasteiger partial charge in [0, 0.05) is 25.2 Å². The van der Waals surface area contributed by atoms with Crippen molar-refractivity contribution in [2.45, 2.75) is 6.42 Å². The Balaban J connectivity index is 1.69. The fourth-order valence-electron chi connectivity index (χ4n) is 3.80. The molecule has 33 heavy (non-hydrogen) atoms. The molecule has 0 atom stereocenters. The van der Waals surface area contributed by atoms with E-state index in [9.17, 15) is 9.59 Å². The Morgan fingerprint density at radius 2 is 1.18 bits per heavy atom. The van der Waals surface area contributed by atoms with Crippen LogP contribution in [0.15, 0.2) is 105 Å². The van der Waals surface area contributed by atoms with Gasteiger partial charge in [-0.1, -0.05) is 84.9 Å². The molecule has 0 bridgehead atoms. The molecule has 1 aliphatic heterocycles. The van der Waals surface area contributed by atoms with Crippen molar-refractivity contribution < 1.29 is 0 Å². The molecule has 162 valence electrons. The highest BCUT2D eigenvalue weighted by Crippen LogP contribution is 2.30. The van der Waals surface area contributed by atoms with Gasteiger partial charge in [0.05, 0.1) is 11.4 Å². The minimum Gasteiger partial charge on any atom is -0.267 e. The van der Waals surface area contributed by atoms with E-state index in [1.54, 1.807) is 0 Å². The number of halogens is 1. The topological polar surface area (TPSA) is 68.7 Å². The third-order valence-corrected chi connectivity index (χ3v) is 5.92. The number of rotatable bonds is 3. The van der Waals surface area contributed by atoms with Crippen molar-refractivity contribution in [3.63, 3.8) is 0 Å². The van der Waals surface area contributed by atoms with Crippen LogP contribution in [0.1, 0.15) is 17.5 Å². The molecule has 6 nitrogen and oxygen atoms in total. The van der Waals surface area contributed by atoms with Crippen LogP contribution in [-0.4, -0.2) is 20.1 Å². The zero-order valence-electron chi connectivity index (χ0n) is 17.8. The summed E-state index contributed by atoms with van der Waals surface area (Å²) >= 11 is 6.26. The zero-order chi connectivity index (χ0) is 22.9. The molecule has 7 heteroatoms. The molecule has 0 saturated heterocycles. The molecule has 2 heterocycles. The number of nitrogens with zero attached hydrogens (tertiary/aromatic N) is 4. The first-order valence-electron chi connectivity index (χ1n) is 10.4. The number of hydrogen-bond acceptors (Lipinski definition) is 4. The average Bonchev–Trinajstić information content (AvgIpc) is 3.08. The van der Waals surface area contributed by atoms with Crippen molar-refractivity contribution in [1.82, 2.24) is 8.65 Å². The van der Waals surface area contributed by atoms with Gasteiger partial charge in [0.2, 0.25) is 0 Å². The quantitative estimate of drug-likeness (QED) is 0.443. The lowest BCUT2D eigenvalue weighted by molar-refractivity contribution is 0.759. The van der Waals surface area contributed by atoms with Gasteiger partial charge in [-0.3, -0.25) is 9.36 Å². The fraction of sp³-hybridized carbons (Fsp3) is 0.0769. The summed E-state index contributed by atoms with van der Waals surface area (Å²) in [6, 6.07) is 27.7. The number of aromatic nitrogens is 2. The number of benzene rings is 3. The Kier molecular flexibility index (Phi) is 5.36.